The van der Waals surface area contributed by atoms with Crippen LogP contribution in [0.3, 0.4) is 0 Å². The van der Waals surface area contributed by atoms with E-state index in [0.717, 1.165) is 23.7 Å². The highest BCUT2D eigenvalue weighted by atomic mass is 32.2. The monoisotopic (exact) mass is 346 g/mol. The van der Waals surface area contributed by atoms with Gasteiger partial charge < -0.3 is 9.47 Å². The third-order valence-corrected chi connectivity index (χ3v) is 7.17. The van der Waals surface area contributed by atoms with Crippen molar-refractivity contribution < 1.29 is 13.2 Å². The van der Waals surface area contributed by atoms with Crippen LogP contribution in [0.1, 0.15) is 25.7 Å². The molecule has 1 aromatic carbocycles. The van der Waals surface area contributed by atoms with Crippen molar-refractivity contribution >= 4 is 26.6 Å². The van der Waals surface area contributed by atoms with Gasteiger partial charge in [0, 0.05) is 30.1 Å². The number of nitrogens with zero attached hydrogens (tertiary/aromatic N) is 2. The highest BCUT2D eigenvalue weighted by molar-refractivity contribution is 7.91. The molecule has 2 fully saturated rings. The van der Waals surface area contributed by atoms with Gasteiger partial charge in [-0.1, -0.05) is 18.2 Å². The van der Waals surface area contributed by atoms with Crippen LogP contribution in [0.25, 0.3) is 10.9 Å². The summed E-state index contributed by atoms with van der Waals surface area (Å²) in [4.78, 5) is 14.9. The molecule has 2 saturated heterocycles. The fourth-order valence-electron chi connectivity index (χ4n) is 4.39. The molecule has 2 aliphatic rings. The number of carbonyl (C=O) groups is 1. The summed E-state index contributed by atoms with van der Waals surface area (Å²) < 4.78 is 25.7. The lowest BCUT2D eigenvalue weighted by atomic mass is 10.0. The molecule has 4 rings (SSSR count). The van der Waals surface area contributed by atoms with E-state index in [2.05, 4.69) is 0 Å². The van der Waals surface area contributed by atoms with Gasteiger partial charge in [-0.15, -0.1) is 0 Å². The van der Waals surface area contributed by atoms with Crippen molar-refractivity contribution in [3.63, 3.8) is 0 Å². The Bertz CT molecular complexity index is 873. The standard InChI is InChI=1S/C18H22N2O3S/c1-24(22,23)16-10-14-6-7-15(11-16)20(14)18(21)12-19-9-8-13-4-2-3-5-17(13)19/h2-5,8-9,14-16H,6-7,10-12H2,1H3/t14-,15+,16?. The van der Waals surface area contributed by atoms with Crippen molar-refractivity contribution in [2.75, 3.05) is 6.26 Å². The average molecular weight is 346 g/mol. The first-order chi connectivity index (χ1) is 11.4. The molecule has 3 atom stereocenters. The number of hydrogen-bond donors (Lipinski definition) is 0. The van der Waals surface area contributed by atoms with Crippen LogP contribution < -0.4 is 0 Å². The normalized spacial score (nSPS) is 26.9. The van der Waals surface area contributed by atoms with Crippen molar-refractivity contribution in [3.05, 3.63) is 36.5 Å². The van der Waals surface area contributed by atoms with Crippen molar-refractivity contribution in [3.8, 4) is 0 Å². The number of aromatic nitrogens is 1. The third-order valence-electron chi connectivity index (χ3n) is 5.57. The second-order valence-electron chi connectivity index (χ2n) is 7.11. The van der Waals surface area contributed by atoms with Gasteiger partial charge in [-0.3, -0.25) is 4.79 Å². The van der Waals surface area contributed by atoms with Crippen LogP contribution in [0.4, 0.5) is 0 Å². The molecule has 3 heterocycles. The van der Waals surface area contributed by atoms with Crippen LogP contribution in [-0.2, 0) is 21.2 Å². The third kappa shape index (κ3) is 2.62. The van der Waals surface area contributed by atoms with E-state index in [1.807, 2.05) is 46.0 Å². The smallest absolute Gasteiger partial charge is 0.243 e. The second-order valence-corrected chi connectivity index (χ2v) is 9.44. The molecule has 1 aromatic heterocycles. The van der Waals surface area contributed by atoms with Gasteiger partial charge in [0.1, 0.15) is 16.4 Å². The number of hydrogen-bond acceptors (Lipinski definition) is 3. The first kappa shape index (κ1) is 15.7. The van der Waals surface area contributed by atoms with Gasteiger partial charge in [-0.05, 0) is 43.2 Å². The Balaban J connectivity index is 1.54. The van der Waals surface area contributed by atoms with Crippen molar-refractivity contribution in [2.45, 2.75) is 49.6 Å². The first-order valence-corrected chi connectivity index (χ1v) is 10.4. The fraction of sp³-hybridized carbons (Fsp3) is 0.500. The summed E-state index contributed by atoms with van der Waals surface area (Å²) in [5.74, 6) is 0.107. The van der Waals surface area contributed by atoms with Crippen LogP contribution in [0.2, 0.25) is 0 Å². The minimum atomic E-state index is -3.02. The molecule has 2 bridgehead atoms. The predicted molar refractivity (Wildman–Crippen MR) is 93.5 cm³/mol. The molecular formula is C18H22N2O3S. The molecule has 0 saturated carbocycles. The molecule has 0 N–H and O–H groups in total. The fourth-order valence-corrected chi connectivity index (χ4v) is 5.53. The van der Waals surface area contributed by atoms with E-state index in [1.54, 1.807) is 0 Å². The molecule has 2 aliphatic heterocycles. The van der Waals surface area contributed by atoms with E-state index in [9.17, 15) is 13.2 Å². The Morgan fingerprint density at radius 1 is 1.12 bits per heavy atom. The number of benzene rings is 1. The van der Waals surface area contributed by atoms with Crippen molar-refractivity contribution in [2.24, 2.45) is 0 Å². The van der Waals surface area contributed by atoms with Gasteiger partial charge in [0.2, 0.25) is 5.91 Å². The molecule has 0 aliphatic carbocycles. The van der Waals surface area contributed by atoms with Crippen molar-refractivity contribution in [1.29, 1.82) is 0 Å². The lowest BCUT2D eigenvalue weighted by molar-refractivity contribution is -0.136. The largest absolute Gasteiger partial charge is 0.338 e. The lowest BCUT2D eigenvalue weighted by Gasteiger charge is -2.38. The quantitative estimate of drug-likeness (QED) is 0.856. The topological polar surface area (TPSA) is 59.4 Å². The van der Waals surface area contributed by atoms with E-state index < -0.39 is 9.84 Å². The Hall–Kier alpha value is -1.82. The molecule has 5 nitrogen and oxygen atoms in total. The van der Waals surface area contributed by atoms with E-state index in [1.165, 1.54) is 6.26 Å². The minimum Gasteiger partial charge on any atom is -0.338 e. The van der Waals surface area contributed by atoms with Crippen molar-refractivity contribution in [1.82, 2.24) is 9.47 Å². The van der Waals surface area contributed by atoms with Gasteiger partial charge in [-0.25, -0.2) is 8.42 Å². The van der Waals surface area contributed by atoms with Gasteiger partial charge in [0.05, 0.1) is 5.25 Å². The Kier molecular flexibility index (Phi) is 3.67. The first-order valence-electron chi connectivity index (χ1n) is 8.47. The SMILES string of the molecule is CS(=O)(=O)C1C[C@H]2CC[C@@H](C1)N2C(=O)Cn1ccc2ccccc21. The Labute approximate surface area is 142 Å². The summed E-state index contributed by atoms with van der Waals surface area (Å²) in [6.07, 6.45) is 6.30. The van der Waals surface area contributed by atoms with E-state index in [0.29, 0.717) is 19.4 Å². The summed E-state index contributed by atoms with van der Waals surface area (Å²) in [6, 6.07) is 10.2. The zero-order valence-electron chi connectivity index (χ0n) is 13.8. The Morgan fingerprint density at radius 2 is 1.79 bits per heavy atom. The maximum absolute atomic E-state index is 12.9. The number of piperidine rings is 1. The number of rotatable bonds is 3. The molecule has 1 amide bonds. The zero-order valence-corrected chi connectivity index (χ0v) is 14.6. The maximum atomic E-state index is 12.9. The van der Waals surface area contributed by atoms with Crippen LogP contribution in [-0.4, -0.2) is 47.4 Å². The van der Waals surface area contributed by atoms with E-state index in [4.69, 9.17) is 0 Å². The minimum absolute atomic E-state index is 0.0813. The van der Waals surface area contributed by atoms with Gasteiger partial charge in [-0.2, -0.15) is 0 Å². The number of carbonyl (C=O) groups excluding carboxylic acids is 1. The predicted octanol–water partition coefficient (Wildman–Crippen LogP) is 2.21. The van der Waals surface area contributed by atoms with Crippen LogP contribution >= 0.6 is 0 Å². The molecule has 1 unspecified atom stereocenters. The summed E-state index contributed by atoms with van der Waals surface area (Å²) in [5, 5.41) is 0.843. The average Bonchev–Trinajstić information content (AvgIpc) is 3.05. The highest BCUT2D eigenvalue weighted by Crippen LogP contribution is 2.38. The van der Waals surface area contributed by atoms with E-state index in [-0.39, 0.29) is 23.2 Å². The zero-order chi connectivity index (χ0) is 16.9. The number of sulfone groups is 1. The summed E-state index contributed by atoms with van der Waals surface area (Å²) in [6.45, 7) is 0.323. The molecule has 0 spiro atoms. The maximum Gasteiger partial charge on any atom is 0.243 e. The van der Waals surface area contributed by atoms with Crippen LogP contribution in [0.15, 0.2) is 36.5 Å². The summed E-state index contributed by atoms with van der Waals surface area (Å²) >= 11 is 0. The summed E-state index contributed by atoms with van der Waals surface area (Å²) in [5.41, 5.74) is 1.06. The number of para-hydroxylation sites is 1. The lowest BCUT2D eigenvalue weighted by Crippen LogP contribution is -2.50. The molecule has 0 radical (unpaired) electrons. The summed E-state index contributed by atoms with van der Waals surface area (Å²) in [7, 11) is -3.02. The van der Waals surface area contributed by atoms with Crippen LogP contribution in [0.5, 0.6) is 0 Å². The van der Waals surface area contributed by atoms with Crippen LogP contribution in [0, 0.1) is 0 Å². The number of fused-ring (bicyclic) bond motifs is 3. The highest BCUT2D eigenvalue weighted by Gasteiger charge is 2.45. The molecule has 2 aromatic rings. The van der Waals surface area contributed by atoms with Gasteiger partial charge >= 0.3 is 0 Å². The molecule has 24 heavy (non-hydrogen) atoms. The Morgan fingerprint density at radius 3 is 2.46 bits per heavy atom. The molecular weight excluding hydrogens is 324 g/mol. The molecule has 6 heteroatoms. The van der Waals surface area contributed by atoms with Gasteiger partial charge in [0.15, 0.2) is 0 Å². The molecule has 128 valence electrons. The van der Waals surface area contributed by atoms with E-state index >= 15 is 0 Å². The number of amides is 1. The second kappa shape index (κ2) is 5.62. The van der Waals surface area contributed by atoms with Gasteiger partial charge in [0.25, 0.3) is 0 Å².